The van der Waals surface area contributed by atoms with Gasteiger partial charge in [-0.05, 0) is 56.8 Å². The number of hydrogen-bond acceptors (Lipinski definition) is 2. The summed E-state index contributed by atoms with van der Waals surface area (Å²) >= 11 is 3.44. The fourth-order valence-corrected chi connectivity index (χ4v) is 3.02. The lowest BCUT2D eigenvalue weighted by atomic mass is 9.98. The van der Waals surface area contributed by atoms with E-state index in [1.54, 1.807) is 0 Å². The molecule has 1 aliphatic rings. The maximum absolute atomic E-state index is 13.1. The highest BCUT2D eigenvalue weighted by atomic mass is 79.9. The summed E-state index contributed by atoms with van der Waals surface area (Å²) in [5.74, 6) is 0.469. The van der Waals surface area contributed by atoms with Crippen LogP contribution in [0, 0.1) is 11.7 Å². The molecule has 0 radical (unpaired) electrons. The van der Waals surface area contributed by atoms with Crippen LogP contribution in [-0.2, 0) is 11.2 Å². The Hall–Kier alpha value is -0.450. The molecule has 0 spiro atoms. The van der Waals surface area contributed by atoms with Gasteiger partial charge in [-0.2, -0.15) is 0 Å². The Morgan fingerprint density at radius 1 is 1.47 bits per heavy atom. The van der Waals surface area contributed by atoms with Crippen molar-refractivity contribution in [2.24, 2.45) is 5.92 Å². The van der Waals surface area contributed by atoms with Crippen molar-refractivity contribution in [3.63, 3.8) is 0 Å². The first-order valence-electron chi connectivity index (χ1n) is 6.88. The Morgan fingerprint density at radius 3 is 2.74 bits per heavy atom. The van der Waals surface area contributed by atoms with Crippen LogP contribution < -0.4 is 5.32 Å². The van der Waals surface area contributed by atoms with Gasteiger partial charge in [0, 0.05) is 17.1 Å². The summed E-state index contributed by atoms with van der Waals surface area (Å²) in [5.41, 5.74) is 1.12. The first-order chi connectivity index (χ1) is 9.15. The van der Waals surface area contributed by atoms with E-state index >= 15 is 0 Å². The molecule has 0 heterocycles. The Labute approximate surface area is 122 Å². The molecule has 0 bridgehead atoms. The van der Waals surface area contributed by atoms with Crippen LogP contribution in [0.4, 0.5) is 4.39 Å². The fourth-order valence-electron chi connectivity index (χ4n) is 2.50. The Morgan fingerprint density at radius 2 is 2.21 bits per heavy atom. The average Bonchev–Trinajstić information content (AvgIpc) is 3.20. The van der Waals surface area contributed by atoms with Gasteiger partial charge in [-0.15, -0.1) is 0 Å². The second-order valence-electron chi connectivity index (χ2n) is 5.09. The van der Waals surface area contributed by atoms with Crippen LogP contribution in [0.15, 0.2) is 22.7 Å². The molecule has 0 amide bonds. The molecule has 2 atom stereocenters. The summed E-state index contributed by atoms with van der Waals surface area (Å²) in [6, 6.07) is 5.16. The van der Waals surface area contributed by atoms with Crippen molar-refractivity contribution in [2.45, 2.75) is 38.3 Å². The zero-order chi connectivity index (χ0) is 13.8. The van der Waals surface area contributed by atoms with E-state index in [0.29, 0.717) is 5.92 Å². The summed E-state index contributed by atoms with van der Waals surface area (Å²) in [6.07, 6.45) is 3.62. The number of halogens is 2. The third-order valence-corrected chi connectivity index (χ3v) is 4.41. The zero-order valence-corrected chi connectivity index (χ0v) is 13.0. The molecule has 1 fully saturated rings. The summed E-state index contributed by atoms with van der Waals surface area (Å²) in [5, 5.41) is 3.36. The second-order valence-corrected chi connectivity index (χ2v) is 5.95. The summed E-state index contributed by atoms with van der Waals surface area (Å²) in [7, 11) is 1.97. The van der Waals surface area contributed by atoms with Gasteiger partial charge in [0.05, 0.1) is 6.10 Å². The molecule has 106 valence electrons. The summed E-state index contributed by atoms with van der Waals surface area (Å²) < 4.78 is 19.8. The molecule has 0 saturated heterocycles. The number of likely N-dealkylation sites (N-methyl/N-ethyl adjacent to an activating group) is 1. The van der Waals surface area contributed by atoms with Crippen molar-refractivity contribution in [1.82, 2.24) is 5.32 Å². The second kappa shape index (κ2) is 6.82. The van der Waals surface area contributed by atoms with Crippen LogP contribution in [0.2, 0.25) is 0 Å². The minimum absolute atomic E-state index is 0.208. The molecule has 2 nitrogen and oxygen atoms in total. The average molecular weight is 330 g/mol. The van der Waals surface area contributed by atoms with Gasteiger partial charge in [0.15, 0.2) is 0 Å². The van der Waals surface area contributed by atoms with Crippen LogP contribution in [0.5, 0.6) is 0 Å². The van der Waals surface area contributed by atoms with Gasteiger partial charge < -0.3 is 10.1 Å². The van der Waals surface area contributed by atoms with Crippen LogP contribution in [-0.4, -0.2) is 25.8 Å². The first kappa shape index (κ1) is 14.9. The molecule has 2 unspecified atom stereocenters. The minimum atomic E-state index is -0.208. The van der Waals surface area contributed by atoms with Crippen molar-refractivity contribution in [1.29, 1.82) is 0 Å². The molecule has 1 saturated carbocycles. The lowest BCUT2D eigenvalue weighted by molar-refractivity contribution is 0.0210. The number of rotatable bonds is 7. The van der Waals surface area contributed by atoms with Gasteiger partial charge in [-0.25, -0.2) is 4.39 Å². The monoisotopic (exact) mass is 329 g/mol. The molecule has 1 aliphatic carbocycles. The van der Waals surface area contributed by atoms with E-state index in [0.717, 1.165) is 23.1 Å². The summed E-state index contributed by atoms with van der Waals surface area (Å²) in [6.45, 7) is 2.78. The van der Waals surface area contributed by atoms with E-state index in [-0.39, 0.29) is 18.0 Å². The number of ether oxygens (including phenoxy) is 1. The van der Waals surface area contributed by atoms with Gasteiger partial charge in [-0.3, -0.25) is 0 Å². The van der Waals surface area contributed by atoms with Crippen molar-refractivity contribution < 1.29 is 9.13 Å². The van der Waals surface area contributed by atoms with Crippen LogP contribution in [0.1, 0.15) is 25.3 Å². The summed E-state index contributed by atoms with van der Waals surface area (Å²) in [4.78, 5) is 0. The van der Waals surface area contributed by atoms with Crippen molar-refractivity contribution in [3.05, 3.63) is 34.1 Å². The molecule has 0 aliphatic heterocycles. The maximum Gasteiger partial charge on any atom is 0.124 e. The quantitative estimate of drug-likeness (QED) is 0.826. The largest absolute Gasteiger partial charge is 0.377 e. The van der Waals surface area contributed by atoms with E-state index in [4.69, 9.17) is 4.74 Å². The number of nitrogens with one attached hydrogen (secondary N) is 1. The Kier molecular flexibility index (Phi) is 5.37. The van der Waals surface area contributed by atoms with Gasteiger partial charge >= 0.3 is 0 Å². The lowest BCUT2D eigenvalue weighted by Crippen LogP contribution is -2.42. The molecule has 1 aromatic carbocycles. The molecule has 4 heteroatoms. The first-order valence-corrected chi connectivity index (χ1v) is 7.67. The fraction of sp³-hybridized carbons (Fsp3) is 0.600. The SMILES string of the molecule is CCOC(C1CC1)C(Cc1ccc(F)cc1Br)NC. The lowest BCUT2D eigenvalue weighted by Gasteiger charge is -2.27. The molecule has 0 aromatic heterocycles. The molecule has 1 aromatic rings. The normalized spacial score (nSPS) is 18.3. The minimum Gasteiger partial charge on any atom is -0.377 e. The Balaban J connectivity index is 2.08. The molecule has 19 heavy (non-hydrogen) atoms. The van der Waals surface area contributed by atoms with Crippen molar-refractivity contribution in [2.75, 3.05) is 13.7 Å². The molecular formula is C15H21BrFNO. The third kappa shape index (κ3) is 4.01. The van der Waals surface area contributed by atoms with Crippen molar-refractivity contribution in [3.8, 4) is 0 Å². The van der Waals surface area contributed by atoms with Gasteiger partial charge in [0.25, 0.3) is 0 Å². The van der Waals surface area contributed by atoms with E-state index in [9.17, 15) is 4.39 Å². The van der Waals surface area contributed by atoms with E-state index < -0.39 is 0 Å². The van der Waals surface area contributed by atoms with E-state index in [1.165, 1.54) is 25.0 Å². The van der Waals surface area contributed by atoms with Crippen LogP contribution >= 0.6 is 15.9 Å². The Bertz CT molecular complexity index is 423. The maximum atomic E-state index is 13.1. The van der Waals surface area contributed by atoms with Gasteiger partial charge in [0.2, 0.25) is 0 Å². The number of hydrogen-bond donors (Lipinski definition) is 1. The number of benzene rings is 1. The highest BCUT2D eigenvalue weighted by molar-refractivity contribution is 9.10. The van der Waals surface area contributed by atoms with Crippen LogP contribution in [0.25, 0.3) is 0 Å². The molecule has 1 N–H and O–H groups in total. The van der Waals surface area contributed by atoms with Crippen LogP contribution in [0.3, 0.4) is 0 Å². The van der Waals surface area contributed by atoms with E-state index in [1.807, 2.05) is 20.0 Å². The third-order valence-electron chi connectivity index (χ3n) is 3.67. The zero-order valence-electron chi connectivity index (χ0n) is 11.5. The molecular weight excluding hydrogens is 309 g/mol. The smallest absolute Gasteiger partial charge is 0.124 e. The standard InChI is InChI=1S/C15H21BrFNO/c1-3-19-15(10-4-5-10)14(18-2)8-11-6-7-12(17)9-13(11)16/h6-7,9-10,14-15,18H,3-5,8H2,1-2H3. The van der Waals surface area contributed by atoms with Gasteiger partial charge in [0.1, 0.15) is 5.82 Å². The highest BCUT2D eigenvalue weighted by Gasteiger charge is 2.36. The van der Waals surface area contributed by atoms with Gasteiger partial charge in [-0.1, -0.05) is 22.0 Å². The predicted octanol–water partition coefficient (Wildman–Crippen LogP) is 3.53. The predicted molar refractivity (Wildman–Crippen MR) is 78.8 cm³/mol. The van der Waals surface area contributed by atoms with E-state index in [2.05, 4.69) is 21.2 Å². The molecule has 2 rings (SSSR count). The highest BCUT2D eigenvalue weighted by Crippen LogP contribution is 2.36. The topological polar surface area (TPSA) is 21.3 Å². The van der Waals surface area contributed by atoms with Crippen molar-refractivity contribution >= 4 is 15.9 Å².